The molecule has 0 spiro atoms. The Kier molecular flexibility index (Phi) is 3.82. The maximum absolute atomic E-state index is 11.5. The van der Waals surface area contributed by atoms with E-state index in [1.165, 1.54) is 6.92 Å². The lowest BCUT2D eigenvalue weighted by molar-refractivity contribution is -0.146. The van der Waals surface area contributed by atoms with Gasteiger partial charge in [-0.3, -0.25) is 14.9 Å². The molecule has 1 fully saturated rings. The van der Waals surface area contributed by atoms with Crippen molar-refractivity contribution in [3.05, 3.63) is 35.4 Å². The molecule has 0 unspecified atom stereocenters. The maximum Gasteiger partial charge on any atom is 0.324 e. The number of aryl methyl sites for hydroxylation is 1. The molecule has 0 bridgehead atoms. The van der Waals surface area contributed by atoms with E-state index in [1.807, 2.05) is 19.1 Å². The molecule has 1 heterocycles. The third-order valence-electron chi connectivity index (χ3n) is 4.19. The molecule has 1 saturated heterocycles. The molecule has 1 aromatic carbocycles. The molecule has 0 aliphatic carbocycles. The smallest absolute Gasteiger partial charge is 0.324 e. The molecule has 1 aliphatic heterocycles. The number of aliphatic carboxylic acids is 2. The van der Waals surface area contributed by atoms with Crippen LogP contribution in [-0.4, -0.2) is 40.0 Å². The van der Waals surface area contributed by atoms with E-state index < -0.39 is 35.4 Å². The van der Waals surface area contributed by atoms with Crippen molar-refractivity contribution >= 4 is 18.2 Å². The first-order valence-corrected chi connectivity index (χ1v) is 6.57. The van der Waals surface area contributed by atoms with Crippen LogP contribution in [0.15, 0.2) is 24.3 Å². The van der Waals surface area contributed by atoms with Crippen LogP contribution in [0, 0.1) is 12.8 Å². The van der Waals surface area contributed by atoms with E-state index >= 15 is 0 Å². The van der Waals surface area contributed by atoms with Gasteiger partial charge in [0.1, 0.15) is 17.9 Å². The Balaban J connectivity index is 2.53. The van der Waals surface area contributed by atoms with Crippen LogP contribution in [0.5, 0.6) is 0 Å². The molecular formula is C15H17NO5. The lowest BCUT2D eigenvalue weighted by atomic mass is 9.77. The summed E-state index contributed by atoms with van der Waals surface area (Å²) in [4.78, 5) is 34.4. The van der Waals surface area contributed by atoms with Crippen LogP contribution < -0.4 is 5.32 Å². The minimum atomic E-state index is -1.60. The fourth-order valence-corrected chi connectivity index (χ4v) is 2.90. The number of carboxylic acids is 2. The number of carbonyl (C=O) groups excluding carboxylic acids is 1. The highest BCUT2D eigenvalue weighted by Crippen LogP contribution is 2.41. The van der Waals surface area contributed by atoms with E-state index in [0.29, 0.717) is 11.8 Å². The summed E-state index contributed by atoms with van der Waals surface area (Å²) in [6.45, 7) is 3.24. The molecule has 0 amide bonds. The lowest BCUT2D eigenvalue weighted by Gasteiger charge is -2.25. The van der Waals surface area contributed by atoms with E-state index in [0.717, 1.165) is 5.56 Å². The van der Waals surface area contributed by atoms with E-state index in [1.54, 1.807) is 12.1 Å². The van der Waals surface area contributed by atoms with Gasteiger partial charge in [0.05, 0.1) is 5.92 Å². The second-order valence-electron chi connectivity index (χ2n) is 5.57. The van der Waals surface area contributed by atoms with E-state index in [-0.39, 0.29) is 0 Å². The second-order valence-corrected chi connectivity index (χ2v) is 5.57. The number of carboxylic acid groups (broad SMARTS) is 2. The van der Waals surface area contributed by atoms with Gasteiger partial charge in [-0.25, -0.2) is 0 Å². The zero-order valence-corrected chi connectivity index (χ0v) is 11.7. The molecule has 112 valence electrons. The summed E-state index contributed by atoms with van der Waals surface area (Å²) in [6.07, 6.45) is 0.536. The summed E-state index contributed by atoms with van der Waals surface area (Å²) in [6, 6.07) is 5.98. The Hall–Kier alpha value is -2.21. The van der Waals surface area contributed by atoms with Gasteiger partial charge in [-0.15, -0.1) is 0 Å². The number of nitrogens with one attached hydrogen (secondary N) is 1. The maximum atomic E-state index is 11.5. The number of hydrogen-bond donors (Lipinski definition) is 3. The third-order valence-corrected chi connectivity index (χ3v) is 4.19. The molecular weight excluding hydrogens is 274 g/mol. The first-order chi connectivity index (χ1) is 9.81. The van der Waals surface area contributed by atoms with Crippen LogP contribution in [0.3, 0.4) is 0 Å². The van der Waals surface area contributed by atoms with Crippen molar-refractivity contribution in [2.24, 2.45) is 5.92 Å². The van der Waals surface area contributed by atoms with Gasteiger partial charge in [-0.2, -0.15) is 0 Å². The van der Waals surface area contributed by atoms with Gasteiger partial charge in [-0.1, -0.05) is 29.8 Å². The number of carbonyl (C=O) groups is 3. The Labute approximate surface area is 121 Å². The van der Waals surface area contributed by atoms with Crippen molar-refractivity contribution in [1.29, 1.82) is 0 Å². The van der Waals surface area contributed by atoms with Crippen molar-refractivity contribution in [3.8, 4) is 0 Å². The summed E-state index contributed by atoms with van der Waals surface area (Å²) in [5.74, 6) is -4.08. The quantitative estimate of drug-likeness (QED) is 0.709. The van der Waals surface area contributed by atoms with E-state index in [9.17, 15) is 24.6 Å². The zero-order chi connectivity index (χ0) is 15.8. The molecule has 21 heavy (non-hydrogen) atoms. The van der Waals surface area contributed by atoms with Crippen LogP contribution in [0.25, 0.3) is 0 Å². The predicted molar refractivity (Wildman–Crippen MR) is 74.1 cm³/mol. The highest BCUT2D eigenvalue weighted by Gasteiger charge is 2.57. The summed E-state index contributed by atoms with van der Waals surface area (Å²) in [5, 5.41) is 21.3. The molecule has 6 heteroatoms. The Morgan fingerprint density at radius 2 is 1.81 bits per heavy atom. The van der Waals surface area contributed by atoms with Gasteiger partial charge in [0.2, 0.25) is 0 Å². The Bertz CT molecular complexity index is 582. The fraction of sp³-hybridized carbons (Fsp3) is 0.400. The fourth-order valence-electron chi connectivity index (χ4n) is 2.90. The highest BCUT2D eigenvalue weighted by molar-refractivity contribution is 5.88. The van der Waals surface area contributed by atoms with Gasteiger partial charge >= 0.3 is 11.9 Å². The molecule has 1 aromatic rings. The Morgan fingerprint density at radius 3 is 2.24 bits per heavy atom. The normalized spacial score (nSPS) is 31.8. The average Bonchev–Trinajstić information content (AvgIpc) is 2.74. The van der Waals surface area contributed by atoms with Crippen LogP contribution in [-0.2, 0) is 14.4 Å². The van der Waals surface area contributed by atoms with Crippen molar-refractivity contribution in [1.82, 2.24) is 5.32 Å². The SMILES string of the molecule is Cc1ccc([C@@H]2[C@@H](C(=O)O)N[C@@](C)(C(=O)O)[C@H]2C=O)cc1. The summed E-state index contributed by atoms with van der Waals surface area (Å²) in [5.41, 5.74) is 0.0446. The van der Waals surface area contributed by atoms with Crippen LogP contribution in [0.2, 0.25) is 0 Å². The van der Waals surface area contributed by atoms with Gasteiger partial charge in [0.15, 0.2) is 0 Å². The van der Waals surface area contributed by atoms with E-state index in [4.69, 9.17) is 0 Å². The van der Waals surface area contributed by atoms with E-state index in [2.05, 4.69) is 5.32 Å². The first-order valence-electron chi connectivity index (χ1n) is 6.57. The van der Waals surface area contributed by atoms with Gasteiger partial charge < -0.3 is 15.0 Å². The van der Waals surface area contributed by atoms with Crippen molar-refractivity contribution in [2.45, 2.75) is 31.3 Å². The first kappa shape index (κ1) is 15.2. The summed E-state index contributed by atoms with van der Waals surface area (Å²) >= 11 is 0. The number of benzene rings is 1. The van der Waals surface area contributed by atoms with Gasteiger partial charge in [-0.05, 0) is 19.4 Å². The second kappa shape index (κ2) is 5.29. The molecule has 0 saturated carbocycles. The van der Waals surface area contributed by atoms with Crippen molar-refractivity contribution < 1.29 is 24.6 Å². The number of hydrogen-bond acceptors (Lipinski definition) is 4. The molecule has 1 aliphatic rings. The largest absolute Gasteiger partial charge is 0.480 e. The van der Waals surface area contributed by atoms with Crippen LogP contribution >= 0.6 is 0 Å². The number of rotatable bonds is 4. The molecule has 3 N–H and O–H groups in total. The zero-order valence-electron chi connectivity index (χ0n) is 11.7. The summed E-state index contributed by atoms with van der Waals surface area (Å²) < 4.78 is 0. The summed E-state index contributed by atoms with van der Waals surface area (Å²) in [7, 11) is 0. The third kappa shape index (κ3) is 2.42. The van der Waals surface area contributed by atoms with Gasteiger partial charge in [0.25, 0.3) is 0 Å². The predicted octanol–water partition coefficient (Wildman–Crippen LogP) is 0.793. The number of aldehydes is 1. The molecule has 4 atom stereocenters. The molecule has 0 aromatic heterocycles. The molecule has 6 nitrogen and oxygen atoms in total. The molecule has 0 radical (unpaired) electrons. The topological polar surface area (TPSA) is 104 Å². The minimum absolute atomic E-state index is 0.536. The minimum Gasteiger partial charge on any atom is -0.480 e. The van der Waals surface area contributed by atoms with Crippen molar-refractivity contribution in [2.75, 3.05) is 0 Å². The Morgan fingerprint density at radius 1 is 1.24 bits per heavy atom. The standard InChI is InChI=1S/C15H17NO5/c1-8-3-5-9(6-4-8)11-10(7-17)15(2,14(20)21)16-12(11)13(18)19/h3-7,10-12,16H,1-2H3,(H,18,19)(H,20,21)/t10-,11-,12-,15+/m0/s1. The highest BCUT2D eigenvalue weighted by atomic mass is 16.4. The van der Waals surface area contributed by atoms with Gasteiger partial charge in [0, 0.05) is 5.92 Å². The lowest BCUT2D eigenvalue weighted by Crippen LogP contribution is -2.52. The molecule has 2 rings (SSSR count). The van der Waals surface area contributed by atoms with Crippen LogP contribution in [0.1, 0.15) is 24.0 Å². The van der Waals surface area contributed by atoms with Crippen molar-refractivity contribution in [3.63, 3.8) is 0 Å². The van der Waals surface area contributed by atoms with Crippen LogP contribution in [0.4, 0.5) is 0 Å². The monoisotopic (exact) mass is 291 g/mol. The average molecular weight is 291 g/mol.